The molecule has 1 aromatic heterocycles. The van der Waals surface area contributed by atoms with Gasteiger partial charge in [-0.3, -0.25) is 4.79 Å². The Morgan fingerprint density at radius 1 is 1.14 bits per heavy atom. The average molecular weight is 395 g/mol. The normalized spacial score (nSPS) is 22.9. The molecule has 1 unspecified atom stereocenters. The van der Waals surface area contributed by atoms with Crippen LogP contribution in [0, 0.1) is 19.8 Å². The number of aliphatic hydroxyl groups is 1. The number of aryl methyl sites for hydroxylation is 2. The van der Waals surface area contributed by atoms with Crippen molar-refractivity contribution in [2.24, 2.45) is 5.92 Å². The first-order valence-corrected chi connectivity index (χ1v) is 10.5. The molecule has 2 aromatic rings. The Labute approximate surface area is 172 Å². The summed E-state index contributed by atoms with van der Waals surface area (Å²) in [6.07, 6.45) is 4.48. The lowest BCUT2D eigenvalue weighted by Gasteiger charge is -2.30. The highest BCUT2D eigenvalue weighted by molar-refractivity contribution is 5.95. The molecule has 6 nitrogen and oxygen atoms in total. The number of hydrogen-bond acceptors (Lipinski definition) is 5. The van der Waals surface area contributed by atoms with E-state index >= 15 is 0 Å². The number of aromatic nitrogens is 2. The Hall–Kier alpha value is -2.47. The molecule has 0 aliphatic carbocycles. The van der Waals surface area contributed by atoms with Gasteiger partial charge in [0.2, 0.25) is 5.95 Å². The van der Waals surface area contributed by atoms with Gasteiger partial charge in [0, 0.05) is 25.8 Å². The van der Waals surface area contributed by atoms with Gasteiger partial charge in [0.15, 0.2) is 0 Å². The van der Waals surface area contributed by atoms with Crippen molar-refractivity contribution >= 4 is 11.9 Å². The standard InChI is InChI=1S/C23H30N4O2/c1-16-4-6-19(7-5-16)23(29)10-13-27(15-23)21(28)20-14-24-22(25-18(20)3)26-11-8-17(2)9-12-26/h4-7,14,17,29H,8-13,15H2,1-3H3. The van der Waals surface area contributed by atoms with E-state index in [9.17, 15) is 9.90 Å². The van der Waals surface area contributed by atoms with Gasteiger partial charge in [0.1, 0.15) is 5.60 Å². The molecule has 1 N–H and O–H groups in total. The summed E-state index contributed by atoms with van der Waals surface area (Å²) in [6.45, 7) is 8.91. The van der Waals surface area contributed by atoms with Gasteiger partial charge in [-0.2, -0.15) is 0 Å². The van der Waals surface area contributed by atoms with E-state index in [0.29, 0.717) is 36.7 Å². The molecular weight excluding hydrogens is 364 g/mol. The van der Waals surface area contributed by atoms with Crippen LogP contribution in [0.4, 0.5) is 5.95 Å². The number of rotatable bonds is 3. The fourth-order valence-corrected chi connectivity index (χ4v) is 4.26. The molecule has 0 saturated carbocycles. The van der Waals surface area contributed by atoms with Gasteiger partial charge in [-0.05, 0) is 44.6 Å². The van der Waals surface area contributed by atoms with Crippen LogP contribution >= 0.6 is 0 Å². The maximum absolute atomic E-state index is 13.1. The van der Waals surface area contributed by atoms with Gasteiger partial charge >= 0.3 is 0 Å². The topological polar surface area (TPSA) is 69.6 Å². The summed E-state index contributed by atoms with van der Waals surface area (Å²) in [7, 11) is 0. The molecule has 1 aromatic carbocycles. The number of amides is 1. The van der Waals surface area contributed by atoms with Crippen LogP contribution in [-0.2, 0) is 5.60 Å². The van der Waals surface area contributed by atoms with Crippen molar-refractivity contribution in [1.29, 1.82) is 0 Å². The highest BCUT2D eigenvalue weighted by atomic mass is 16.3. The molecule has 1 amide bonds. The summed E-state index contributed by atoms with van der Waals surface area (Å²) in [4.78, 5) is 26.1. The van der Waals surface area contributed by atoms with Crippen LogP contribution in [0.1, 0.15) is 53.4 Å². The highest BCUT2D eigenvalue weighted by Crippen LogP contribution is 2.33. The van der Waals surface area contributed by atoms with Crippen LogP contribution in [0.2, 0.25) is 0 Å². The molecular formula is C23H30N4O2. The number of anilines is 1. The maximum atomic E-state index is 13.1. The number of piperidine rings is 1. The second-order valence-corrected chi connectivity index (χ2v) is 8.71. The zero-order valence-corrected chi connectivity index (χ0v) is 17.6. The molecule has 2 fully saturated rings. The molecule has 3 heterocycles. The number of benzene rings is 1. The van der Waals surface area contributed by atoms with E-state index in [2.05, 4.69) is 21.8 Å². The number of nitrogens with zero attached hydrogens (tertiary/aromatic N) is 4. The number of hydrogen-bond donors (Lipinski definition) is 1. The SMILES string of the molecule is Cc1ccc(C2(O)CCN(C(=O)c3cnc(N4CCC(C)CC4)nc3C)C2)cc1. The van der Waals surface area contributed by atoms with E-state index in [1.165, 1.54) is 0 Å². The average Bonchev–Trinajstić information content (AvgIpc) is 3.12. The molecule has 0 radical (unpaired) electrons. The van der Waals surface area contributed by atoms with E-state index in [1.54, 1.807) is 11.1 Å². The van der Waals surface area contributed by atoms with Crippen LogP contribution in [0.3, 0.4) is 0 Å². The maximum Gasteiger partial charge on any atom is 0.257 e. The van der Waals surface area contributed by atoms with Crippen molar-refractivity contribution in [2.75, 3.05) is 31.1 Å². The van der Waals surface area contributed by atoms with Gasteiger partial charge < -0.3 is 14.9 Å². The van der Waals surface area contributed by atoms with Crippen molar-refractivity contribution in [2.45, 2.75) is 45.6 Å². The van der Waals surface area contributed by atoms with E-state index in [0.717, 1.165) is 43.0 Å². The van der Waals surface area contributed by atoms with Crippen molar-refractivity contribution in [1.82, 2.24) is 14.9 Å². The van der Waals surface area contributed by atoms with Crippen molar-refractivity contribution in [3.63, 3.8) is 0 Å². The number of likely N-dealkylation sites (tertiary alicyclic amines) is 1. The summed E-state index contributed by atoms with van der Waals surface area (Å²) >= 11 is 0. The summed E-state index contributed by atoms with van der Waals surface area (Å²) < 4.78 is 0. The largest absolute Gasteiger partial charge is 0.383 e. The Bertz CT molecular complexity index is 890. The minimum atomic E-state index is -0.997. The fraction of sp³-hybridized carbons (Fsp3) is 0.522. The summed E-state index contributed by atoms with van der Waals surface area (Å²) in [5.41, 5.74) is 2.24. The van der Waals surface area contributed by atoms with E-state index in [1.807, 2.05) is 38.1 Å². The van der Waals surface area contributed by atoms with Crippen LogP contribution in [0.25, 0.3) is 0 Å². The molecule has 154 valence electrons. The lowest BCUT2D eigenvalue weighted by atomic mass is 9.92. The summed E-state index contributed by atoms with van der Waals surface area (Å²) in [5, 5.41) is 11.1. The van der Waals surface area contributed by atoms with Gasteiger partial charge in [-0.1, -0.05) is 36.8 Å². The number of carbonyl (C=O) groups is 1. The lowest BCUT2D eigenvalue weighted by molar-refractivity contribution is 0.0417. The molecule has 2 saturated heterocycles. The quantitative estimate of drug-likeness (QED) is 0.866. The summed E-state index contributed by atoms with van der Waals surface area (Å²) in [5.74, 6) is 1.35. The van der Waals surface area contributed by atoms with Gasteiger partial charge in [-0.15, -0.1) is 0 Å². The number of carbonyl (C=O) groups excluding carboxylic acids is 1. The van der Waals surface area contributed by atoms with E-state index in [4.69, 9.17) is 0 Å². The smallest absolute Gasteiger partial charge is 0.257 e. The van der Waals surface area contributed by atoms with E-state index < -0.39 is 5.60 Å². The second-order valence-electron chi connectivity index (χ2n) is 8.71. The van der Waals surface area contributed by atoms with Gasteiger partial charge in [0.25, 0.3) is 5.91 Å². The Morgan fingerprint density at radius 3 is 2.48 bits per heavy atom. The van der Waals surface area contributed by atoms with Crippen LogP contribution in [0.15, 0.2) is 30.5 Å². The second kappa shape index (κ2) is 7.75. The fourth-order valence-electron chi connectivity index (χ4n) is 4.26. The molecule has 1 atom stereocenters. The Kier molecular flexibility index (Phi) is 5.30. The molecule has 4 rings (SSSR count). The Balaban J connectivity index is 1.48. The summed E-state index contributed by atoms with van der Waals surface area (Å²) in [6, 6.07) is 7.89. The molecule has 0 bridgehead atoms. The van der Waals surface area contributed by atoms with E-state index in [-0.39, 0.29) is 5.91 Å². The first-order chi connectivity index (χ1) is 13.9. The van der Waals surface area contributed by atoms with Crippen LogP contribution in [0.5, 0.6) is 0 Å². The Morgan fingerprint density at radius 2 is 1.83 bits per heavy atom. The van der Waals surface area contributed by atoms with Crippen molar-refractivity contribution < 1.29 is 9.90 Å². The monoisotopic (exact) mass is 394 g/mol. The van der Waals surface area contributed by atoms with Gasteiger partial charge in [-0.25, -0.2) is 9.97 Å². The molecule has 2 aliphatic heterocycles. The highest BCUT2D eigenvalue weighted by Gasteiger charge is 2.40. The first kappa shape index (κ1) is 19.8. The van der Waals surface area contributed by atoms with Crippen molar-refractivity contribution in [3.8, 4) is 0 Å². The number of β-amino-alcohol motifs (C(OH)–C–C–N with tert-alkyl or cyclic N) is 1. The molecule has 29 heavy (non-hydrogen) atoms. The molecule has 6 heteroatoms. The zero-order valence-electron chi connectivity index (χ0n) is 17.6. The van der Waals surface area contributed by atoms with Crippen molar-refractivity contribution in [3.05, 3.63) is 52.8 Å². The molecule has 0 spiro atoms. The van der Waals surface area contributed by atoms with Crippen LogP contribution < -0.4 is 4.90 Å². The molecule has 2 aliphatic rings. The minimum Gasteiger partial charge on any atom is -0.383 e. The third-order valence-corrected chi connectivity index (χ3v) is 6.39. The van der Waals surface area contributed by atoms with Crippen LogP contribution in [-0.4, -0.2) is 52.1 Å². The third kappa shape index (κ3) is 3.99. The first-order valence-electron chi connectivity index (χ1n) is 10.5. The lowest BCUT2D eigenvalue weighted by Crippen LogP contribution is -2.36. The predicted octanol–water partition coefficient (Wildman–Crippen LogP) is 3.06. The predicted molar refractivity (Wildman–Crippen MR) is 113 cm³/mol. The zero-order chi connectivity index (χ0) is 20.6. The minimum absolute atomic E-state index is 0.107. The third-order valence-electron chi connectivity index (χ3n) is 6.39. The van der Waals surface area contributed by atoms with Gasteiger partial charge in [0.05, 0.1) is 17.8 Å².